The average molecular weight is 475 g/mol. The van der Waals surface area contributed by atoms with Crippen LogP contribution in [0.2, 0.25) is 0 Å². The second-order valence-corrected chi connectivity index (χ2v) is 4.78. The van der Waals surface area contributed by atoms with Gasteiger partial charge in [0, 0.05) is 37.5 Å². The molecule has 0 aromatic heterocycles. The van der Waals surface area contributed by atoms with Crippen LogP contribution in [0.3, 0.4) is 0 Å². The maximum atomic E-state index is 12.1. The van der Waals surface area contributed by atoms with Crippen LogP contribution in [0.1, 0.15) is 13.3 Å². The molecule has 0 saturated heterocycles. The molecule has 1 aromatic rings. The first-order valence-electron chi connectivity index (χ1n) is 7.39. The molecule has 0 aliphatic rings. The summed E-state index contributed by atoms with van der Waals surface area (Å²) < 4.78 is 36.3. The van der Waals surface area contributed by atoms with E-state index in [9.17, 15) is 23.3 Å². The van der Waals surface area contributed by atoms with E-state index in [0.717, 1.165) is 0 Å². The molecule has 25 heavy (non-hydrogen) atoms. The lowest BCUT2D eigenvalue weighted by Gasteiger charge is -2.12. The molecule has 1 rings (SSSR count). The number of benzene rings is 1. The number of alkyl halides is 3. The molecule has 1 aromatic carbocycles. The van der Waals surface area contributed by atoms with Gasteiger partial charge in [-0.05, 0) is 19.1 Å². The summed E-state index contributed by atoms with van der Waals surface area (Å²) in [5.74, 6) is 0.312. The van der Waals surface area contributed by atoms with Crippen molar-refractivity contribution in [3.63, 3.8) is 0 Å². The van der Waals surface area contributed by atoms with Gasteiger partial charge < -0.3 is 16.0 Å². The number of halogens is 4. The molecular formula is C14H21F3IN5O2. The second kappa shape index (κ2) is 11.7. The number of guanidine groups is 1. The number of rotatable bonds is 8. The van der Waals surface area contributed by atoms with Crippen LogP contribution in [0.15, 0.2) is 29.3 Å². The minimum Gasteiger partial charge on any atom is -0.383 e. The van der Waals surface area contributed by atoms with E-state index in [2.05, 4.69) is 20.9 Å². The number of anilines is 1. The Balaban J connectivity index is 0.00000576. The first-order valence-corrected chi connectivity index (χ1v) is 7.39. The number of nitrogens with one attached hydrogen (secondary N) is 3. The monoisotopic (exact) mass is 475 g/mol. The van der Waals surface area contributed by atoms with E-state index >= 15 is 0 Å². The molecule has 0 amide bonds. The smallest absolute Gasteiger partial charge is 0.383 e. The standard InChI is InChI=1S/C14H20F3N5O2.HI/c1-2-18-13(20-8-7-14(15,16)17)21-10-9-19-11-3-5-12(6-4-11)22(23)24;/h3-6,19H,2,7-10H2,1H3,(H2,18,20,21);1H. The molecule has 0 bridgehead atoms. The second-order valence-electron chi connectivity index (χ2n) is 4.78. The van der Waals surface area contributed by atoms with Crippen LogP contribution in [-0.2, 0) is 0 Å². The lowest BCUT2D eigenvalue weighted by Crippen LogP contribution is -2.39. The summed E-state index contributed by atoms with van der Waals surface area (Å²) in [4.78, 5) is 13.9. The SMILES string of the molecule is CCNC(=NCCC(F)(F)F)NCCNc1ccc([N+](=O)[O-])cc1.I. The van der Waals surface area contributed by atoms with E-state index in [1.54, 1.807) is 12.1 Å². The Morgan fingerprint density at radius 3 is 2.36 bits per heavy atom. The normalized spacial score (nSPS) is 11.4. The summed E-state index contributed by atoms with van der Waals surface area (Å²) in [5, 5.41) is 19.3. The van der Waals surface area contributed by atoms with Crippen molar-refractivity contribution < 1.29 is 18.1 Å². The van der Waals surface area contributed by atoms with Gasteiger partial charge in [-0.2, -0.15) is 13.2 Å². The highest BCUT2D eigenvalue weighted by atomic mass is 127. The number of non-ortho nitro benzene ring substituents is 1. The van der Waals surface area contributed by atoms with Gasteiger partial charge in [0.1, 0.15) is 0 Å². The van der Waals surface area contributed by atoms with Crippen LogP contribution in [0.4, 0.5) is 24.5 Å². The molecule has 11 heteroatoms. The highest BCUT2D eigenvalue weighted by molar-refractivity contribution is 14.0. The van der Waals surface area contributed by atoms with Crippen molar-refractivity contribution >= 4 is 41.3 Å². The Hall–Kier alpha value is -1.79. The third-order valence-electron chi connectivity index (χ3n) is 2.83. The number of aliphatic imine (C=N–C) groups is 1. The molecule has 0 spiro atoms. The number of nitrogens with zero attached hydrogens (tertiary/aromatic N) is 2. The predicted octanol–water partition coefficient (Wildman–Crippen LogP) is 3.13. The van der Waals surface area contributed by atoms with Crippen LogP contribution in [0.5, 0.6) is 0 Å². The molecule has 142 valence electrons. The summed E-state index contributed by atoms with van der Waals surface area (Å²) >= 11 is 0. The van der Waals surface area contributed by atoms with Crippen molar-refractivity contribution in [3.05, 3.63) is 34.4 Å². The Kier molecular flexibility index (Phi) is 10.9. The summed E-state index contributed by atoms with van der Waals surface area (Å²) in [6.45, 7) is 2.91. The van der Waals surface area contributed by atoms with Crippen molar-refractivity contribution in [2.75, 3.05) is 31.5 Å². The lowest BCUT2D eigenvalue weighted by molar-refractivity contribution is -0.384. The fraction of sp³-hybridized carbons (Fsp3) is 0.500. The van der Waals surface area contributed by atoms with Crippen LogP contribution in [0.25, 0.3) is 0 Å². The fourth-order valence-electron chi connectivity index (χ4n) is 1.72. The van der Waals surface area contributed by atoms with Gasteiger partial charge in [-0.15, -0.1) is 24.0 Å². The fourth-order valence-corrected chi connectivity index (χ4v) is 1.72. The lowest BCUT2D eigenvalue weighted by atomic mass is 10.3. The topological polar surface area (TPSA) is 91.6 Å². The van der Waals surface area contributed by atoms with Crippen molar-refractivity contribution in [3.8, 4) is 0 Å². The Morgan fingerprint density at radius 1 is 1.20 bits per heavy atom. The maximum Gasteiger partial charge on any atom is 0.390 e. The van der Waals surface area contributed by atoms with E-state index < -0.39 is 17.5 Å². The minimum absolute atomic E-state index is 0. The van der Waals surface area contributed by atoms with Crippen LogP contribution in [-0.4, -0.2) is 43.2 Å². The number of hydrogen-bond donors (Lipinski definition) is 3. The molecule has 0 aliphatic carbocycles. The highest BCUT2D eigenvalue weighted by Crippen LogP contribution is 2.18. The Bertz CT molecular complexity index is 552. The molecular weight excluding hydrogens is 454 g/mol. The maximum absolute atomic E-state index is 12.1. The number of nitro groups is 1. The largest absolute Gasteiger partial charge is 0.390 e. The third-order valence-corrected chi connectivity index (χ3v) is 2.83. The van der Waals surface area contributed by atoms with Gasteiger partial charge >= 0.3 is 6.18 Å². The summed E-state index contributed by atoms with van der Waals surface area (Å²) in [5.41, 5.74) is 0.714. The van der Waals surface area contributed by atoms with Gasteiger partial charge in [0.05, 0.1) is 17.9 Å². The molecule has 7 nitrogen and oxygen atoms in total. The number of nitro benzene ring substituents is 1. The van der Waals surface area contributed by atoms with Crippen molar-refractivity contribution in [2.45, 2.75) is 19.5 Å². The van der Waals surface area contributed by atoms with E-state index in [4.69, 9.17) is 0 Å². The van der Waals surface area contributed by atoms with Gasteiger partial charge in [0.2, 0.25) is 0 Å². The first-order chi connectivity index (χ1) is 11.3. The van der Waals surface area contributed by atoms with Gasteiger partial charge in [0.25, 0.3) is 5.69 Å². The van der Waals surface area contributed by atoms with Gasteiger partial charge in [0.15, 0.2) is 5.96 Å². The zero-order chi connectivity index (χ0) is 18.0. The zero-order valence-electron chi connectivity index (χ0n) is 13.6. The van der Waals surface area contributed by atoms with E-state index in [-0.39, 0.29) is 36.2 Å². The van der Waals surface area contributed by atoms with Crippen molar-refractivity contribution in [2.24, 2.45) is 4.99 Å². The summed E-state index contributed by atoms with van der Waals surface area (Å²) in [7, 11) is 0. The Labute approximate surface area is 160 Å². The van der Waals surface area contributed by atoms with Crippen molar-refractivity contribution in [1.29, 1.82) is 0 Å². The minimum atomic E-state index is -4.22. The Morgan fingerprint density at radius 2 is 1.84 bits per heavy atom. The predicted molar refractivity (Wildman–Crippen MR) is 102 cm³/mol. The molecule has 0 radical (unpaired) electrons. The van der Waals surface area contributed by atoms with Crippen molar-refractivity contribution in [1.82, 2.24) is 10.6 Å². The summed E-state index contributed by atoms with van der Waals surface area (Å²) in [6, 6.07) is 5.94. The van der Waals surface area contributed by atoms with Crippen LogP contribution >= 0.6 is 24.0 Å². The van der Waals surface area contributed by atoms with E-state index in [1.165, 1.54) is 12.1 Å². The van der Waals surface area contributed by atoms with Gasteiger partial charge in [-0.25, -0.2) is 0 Å². The van der Waals surface area contributed by atoms with E-state index in [0.29, 0.717) is 31.3 Å². The van der Waals surface area contributed by atoms with E-state index in [1.807, 2.05) is 6.92 Å². The molecule has 0 fully saturated rings. The molecule has 0 unspecified atom stereocenters. The molecule has 0 aliphatic heterocycles. The molecule has 0 heterocycles. The van der Waals surface area contributed by atoms with Gasteiger partial charge in [-0.3, -0.25) is 15.1 Å². The van der Waals surface area contributed by atoms with Crippen LogP contribution < -0.4 is 16.0 Å². The first kappa shape index (κ1) is 23.2. The zero-order valence-corrected chi connectivity index (χ0v) is 15.9. The number of hydrogen-bond acceptors (Lipinski definition) is 4. The molecule has 3 N–H and O–H groups in total. The average Bonchev–Trinajstić information content (AvgIpc) is 2.50. The summed E-state index contributed by atoms with van der Waals surface area (Å²) in [6.07, 6.45) is -5.19. The quantitative estimate of drug-likeness (QED) is 0.134. The van der Waals surface area contributed by atoms with Gasteiger partial charge in [-0.1, -0.05) is 0 Å². The molecule has 0 atom stereocenters. The van der Waals surface area contributed by atoms with Crippen LogP contribution in [0, 0.1) is 10.1 Å². The molecule has 0 saturated carbocycles. The highest BCUT2D eigenvalue weighted by Gasteiger charge is 2.26. The third kappa shape index (κ3) is 10.6.